The summed E-state index contributed by atoms with van der Waals surface area (Å²) in [6, 6.07) is 0. The molecule has 1 aromatic rings. The van der Waals surface area contributed by atoms with Gasteiger partial charge in [-0.05, 0) is 0 Å². The highest BCUT2D eigenvalue weighted by atomic mass is 19.3. The van der Waals surface area contributed by atoms with Crippen LogP contribution in [0.4, 0.5) is 13.2 Å². The highest BCUT2D eigenvalue weighted by Gasteiger charge is 2.20. The monoisotopic (exact) mass is 207 g/mol. The maximum Gasteiger partial charge on any atom is 0.268 e. The maximum atomic E-state index is 13.2. The van der Waals surface area contributed by atoms with Gasteiger partial charge in [0.2, 0.25) is 5.88 Å². The van der Waals surface area contributed by atoms with Gasteiger partial charge in [0.1, 0.15) is 5.82 Å². The van der Waals surface area contributed by atoms with Gasteiger partial charge in [0.05, 0.1) is 24.8 Å². The Labute approximate surface area is 78.2 Å². The summed E-state index contributed by atoms with van der Waals surface area (Å²) in [6.45, 7) is -0.734. The Balaban J connectivity index is 3.27. The van der Waals surface area contributed by atoms with Crippen molar-refractivity contribution in [2.45, 2.75) is 13.0 Å². The lowest BCUT2D eigenvalue weighted by atomic mass is 10.2. The van der Waals surface area contributed by atoms with Crippen molar-refractivity contribution in [1.82, 2.24) is 4.98 Å². The third kappa shape index (κ3) is 1.79. The van der Waals surface area contributed by atoms with Gasteiger partial charge in [0.15, 0.2) is 0 Å². The van der Waals surface area contributed by atoms with Gasteiger partial charge in [-0.2, -0.15) is 0 Å². The van der Waals surface area contributed by atoms with E-state index in [9.17, 15) is 13.2 Å². The highest BCUT2D eigenvalue weighted by Crippen LogP contribution is 2.27. The van der Waals surface area contributed by atoms with Crippen molar-refractivity contribution in [2.24, 2.45) is 0 Å². The molecule has 14 heavy (non-hydrogen) atoms. The molecule has 0 spiro atoms. The Kier molecular flexibility index (Phi) is 3.29. The molecule has 3 nitrogen and oxygen atoms in total. The first-order chi connectivity index (χ1) is 6.61. The van der Waals surface area contributed by atoms with Gasteiger partial charge in [-0.15, -0.1) is 0 Å². The second-order valence-electron chi connectivity index (χ2n) is 2.47. The van der Waals surface area contributed by atoms with Crippen LogP contribution < -0.4 is 4.74 Å². The number of aromatic nitrogens is 1. The van der Waals surface area contributed by atoms with Crippen LogP contribution in [-0.2, 0) is 6.61 Å². The summed E-state index contributed by atoms with van der Waals surface area (Å²) in [6.07, 6.45) is -2.27. The molecule has 0 aliphatic rings. The van der Waals surface area contributed by atoms with E-state index in [1.807, 2.05) is 0 Å². The van der Waals surface area contributed by atoms with Gasteiger partial charge in [0, 0.05) is 6.20 Å². The van der Waals surface area contributed by atoms with Gasteiger partial charge in [0.25, 0.3) is 6.43 Å². The second-order valence-corrected chi connectivity index (χ2v) is 2.47. The van der Waals surface area contributed by atoms with Crippen molar-refractivity contribution < 1.29 is 23.0 Å². The SMILES string of the molecule is COc1ncc(C(F)F)c(F)c1CO. The molecular weight excluding hydrogens is 199 g/mol. The van der Waals surface area contributed by atoms with E-state index in [0.29, 0.717) is 6.20 Å². The fourth-order valence-corrected chi connectivity index (χ4v) is 0.996. The molecule has 1 aromatic heterocycles. The molecule has 6 heteroatoms. The van der Waals surface area contributed by atoms with E-state index in [1.54, 1.807) is 0 Å². The molecule has 1 rings (SSSR count). The smallest absolute Gasteiger partial charge is 0.268 e. The van der Waals surface area contributed by atoms with Gasteiger partial charge in [-0.1, -0.05) is 0 Å². The number of halogens is 3. The summed E-state index contributed by atoms with van der Waals surface area (Å²) in [5.74, 6) is -1.36. The summed E-state index contributed by atoms with van der Waals surface area (Å²) >= 11 is 0. The summed E-state index contributed by atoms with van der Waals surface area (Å²) in [5, 5.41) is 8.73. The number of rotatable bonds is 3. The Morgan fingerprint density at radius 3 is 2.64 bits per heavy atom. The average molecular weight is 207 g/mol. The van der Waals surface area contributed by atoms with Gasteiger partial charge < -0.3 is 9.84 Å². The minimum Gasteiger partial charge on any atom is -0.481 e. The van der Waals surface area contributed by atoms with E-state index in [0.717, 1.165) is 0 Å². The van der Waals surface area contributed by atoms with Crippen molar-refractivity contribution in [2.75, 3.05) is 7.11 Å². The summed E-state index contributed by atoms with van der Waals surface area (Å²) in [5.41, 5.74) is -1.19. The first-order valence-electron chi connectivity index (χ1n) is 3.72. The van der Waals surface area contributed by atoms with Crippen molar-refractivity contribution in [3.63, 3.8) is 0 Å². The minimum absolute atomic E-state index is 0.186. The Morgan fingerprint density at radius 1 is 1.57 bits per heavy atom. The Morgan fingerprint density at radius 2 is 2.21 bits per heavy atom. The molecule has 0 amide bonds. The zero-order chi connectivity index (χ0) is 10.7. The number of aliphatic hydroxyl groups excluding tert-OH is 1. The Bertz CT molecular complexity index is 331. The van der Waals surface area contributed by atoms with Crippen LogP contribution in [0.25, 0.3) is 0 Å². The summed E-state index contributed by atoms with van der Waals surface area (Å²) < 4.78 is 42.2. The topological polar surface area (TPSA) is 42.4 Å². The van der Waals surface area contributed by atoms with E-state index in [-0.39, 0.29) is 11.4 Å². The maximum absolute atomic E-state index is 13.2. The lowest BCUT2D eigenvalue weighted by Crippen LogP contribution is -2.03. The van der Waals surface area contributed by atoms with Crippen LogP contribution in [0.2, 0.25) is 0 Å². The summed E-state index contributed by atoms with van der Waals surface area (Å²) in [4.78, 5) is 3.45. The third-order valence-corrected chi connectivity index (χ3v) is 1.68. The molecule has 0 aromatic carbocycles. The minimum atomic E-state index is -2.96. The van der Waals surface area contributed by atoms with Gasteiger partial charge in [-0.25, -0.2) is 18.2 Å². The molecule has 0 unspecified atom stereocenters. The van der Waals surface area contributed by atoms with Crippen LogP contribution in [0.1, 0.15) is 17.6 Å². The lowest BCUT2D eigenvalue weighted by Gasteiger charge is -2.09. The van der Waals surface area contributed by atoms with Crippen molar-refractivity contribution in [3.8, 4) is 5.88 Å². The first kappa shape index (κ1) is 10.8. The predicted molar refractivity (Wildman–Crippen MR) is 41.6 cm³/mol. The molecule has 0 atom stereocenters. The number of pyridine rings is 1. The molecule has 0 bridgehead atoms. The second kappa shape index (κ2) is 4.28. The van der Waals surface area contributed by atoms with Crippen LogP contribution in [-0.4, -0.2) is 17.2 Å². The number of hydrogen-bond acceptors (Lipinski definition) is 3. The average Bonchev–Trinajstić information content (AvgIpc) is 2.16. The molecule has 1 N–H and O–H groups in total. The molecule has 1 heterocycles. The molecule has 0 aliphatic heterocycles. The molecule has 0 saturated carbocycles. The quantitative estimate of drug-likeness (QED) is 0.819. The fourth-order valence-electron chi connectivity index (χ4n) is 0.996. The number of ether oxygens (including phenoxy) is 1. The molecule has 0 aliphatic carbocycles. The fraction of sp³-hybridized carbons (Fsp3) is 0.375. The van der Waals surface area contributed by atoms with Crippen molar-refractivity contribution >= 4 is 0 Å². The molecule has 0 fully saturated rings. The van der Waals surface area contributed by atoms with E-state index >= 15 is 0 Å². The molecule has 78 valence electrons. The van der Waals surface area contributed by atoms with Crippen LogP contribution in [0, 0.1) is 5.82 Å². The van der Waals surface area contributed by atoms with Crippen LogP contribution in [0.5, 0.6) is 5.88 Å². The van der Waals surface area contributed by atoms with Crippen molar-refractivity contribution in [1.29, 1.82) is 0 Å². The van der Waals surface area contributed by atoms with E-state index in [4.69, 9.17) is 5.11 Å². The Hall–Kier alpha value is -1.30. The number of hydrogen-bond donors (Lipinski definition) is 1. The normalized spacial score (nSPS) is 10.7. The van der Waals surface area contributed by atoms with Crippen molar-refractivity contribution in [3.05, 3.63) is 23.1 Å². The molecule has 0 radical (unpaired) electrons. The molecule has 0 saturated heterocycles. The number of nitrogens with zero attached hydrogens (tertiary/aromatic N) is 1. The number of methoxy groups -OCH3 is 1. The first-order valence-corrected chi connectivity index (χ1v) is 3.72. The molecular formula is C8H8F3NO2. The van der Waals surface area contributed by atoms with E-state index in [2.05, 4.69) is 9.72 Å². The predicted octanol–water partition coefficient (Wildman–Crippen LogP) is 1.66. The number of alkyl halides is 2. The summed E-state index contributed by atoms with van der Waals surface area (Å²) in [7, 11) is 1.21. The van der Waals surface area contributed by atoms with Crippen LogP contribution in [0.15, 0.2) is 6.20 Å². The highest BCUT2D eigenvalue weighted by molar-refractivity contribution is 5.32. The van der Waals surface area contributed by atoms with Crippen LogP contribution >= 0.6 is 0 Å². The number of aliphatic hydroxyl groups is 1. The van der Waals surface area contributed by atoms with E-state index in [1.165, 1.54) is 7.11 Å². The van der Waals surface area contributed by atoms with Crippen LogP contribution in [0.3, 0.4) is 0 Å². The van der Waals surface area contributed by atoms with Gasteiger partial charge >= 0.3 is 0 Å². The lowest BCUT2D eigenvalue weighted by molar-refractivity contribution is 0.144. The van der Waals surface area contributed by atoms with Gasteiger partial charge in [-0.3, -0.25) is 0 Å². The van der Waals surface area contributed by atoms with E-state index < -0.39 is 24.4 Å². The third-order valence-electron chi connectivity index (χ3n) is 1.68. The zero-order valence-electron chi connectivity index (χ0n) is 7.30. The standard InChI is InChI=1S/C8H8F3NO2/c1-14-8-5(3-13)6(9)4(2-12-8)7(10)11/h2,7,13H,3H2,1H3. The largest absolute Gasteiger partial charge is 0.481 e. The zero-order valence-corrected chi connectivity index (χ0v) is 7.30.